The van der Waals surface area contributed by atoms with Crippen molar-refractivity contribution in [3.8, 4) is 0 Å². The van der Waals surface area contributed by atoms with E-state index in [1.807, 2.05) is 20.8 Å². The normalized spacial score (nSPS) is 22.5. The van der Waals surface area contributed by atoms with Gasteiger partial charge in [-0.2, -0.15) is 0 Å². The summed E-state index contributed by atoms with van der Waals surface area (Å²) >= 11 is 0. The standard InChI is InChI=1S/C18H28N2O2/c1-12-7-6-8-14(13(12)2)15-9-10-20(11-16(15)19)17(21)22-18(3,4)5/h6-8,15-16H,9-11,19H2,1-5H3/t15-,16+/m1/s1. The molecule has 2 N–H and O–H groups in total. The van der Waals surface area contributed by atoms with Gasteiger partial charge in [0.15, 0.2) is 0 Å². The number of ether oxygens (including phenoxy) is 1. The summed E-state index contributed by atoms with van der Waals surface area (Å²) in [7, 11) is 0. The van der Waals surface area contributed by atoms with Gasteiger partial charge in [0.1, 0.15) is 5.60 Å². The van der Waals surface area contributed by atoms with E-state index in [4.69, 9.17) is 10.5 Å². The molecule has 2 atom stereocenters. The van der Waals surface area contributed by atoms with Crippen LogP contribution in [0.1, 0.15) is 49.8 Å². The highest BCUT2D eigenvalue weighted by atomic mass is 16.6. The van der Waals surface area contributed by atoms with Crippen LogP contribution in [-0.4, -0.2) is 35.7 Å². The summed E-state index contributed by atoms with van der Waals surface area (Å²) in [5.74, 6) is 0.304. The molecule has 1 aliphatic rings. The highest BCUT2D eigenvalue weighted by molar-refractivity contribution is 5.68. The molecular weight excluding hydrogens is 276 g/mol. The number of piperidine rings is 1. The number of benzene rings is 1. The van der Waals surface area contributed by atoms with Gasteiger partial charge in [0, 0.05) is 25.0 Å². The third-order valence-corrected chi connectivity index (χ3v) is 4.36. The van der Waals surface area contributed by atoms with Gasteiger partial charge in [0.25, 0.3) is 0 Å². The number of nitrogens with zero attached hydrogens (tertiary/aromatic N) is 1. The molecule has 0 aromatic heterocycles. The molecule has 0 spiro atoms. The van der Waals surface area contributed by atoms with Crippen molar-refractivity contribution in [2.75, 3.05) is 13.1 Å². The van der Waals surface area contributed by atoms with Crippen molar-refractivity contribution in [3.63, 3.8) is 0 Å². The third-order valence-electron chi connectivity index (χ3n) is 4.36. The van der Waals surface area contributed by atoms with E-state index >= 15 is 0 Å². The quantitative estimate of drug-likeness (QED) is 0.865. The van der Waals surface area contributed by atoms with Gasteiger partial charge in [-0.1, -0.05) is 18.2 Å². The molecule has 22 heavy (non-hydrogen) atoms. The van der Waals surface area contributed by atoms with E-state index in [-0.39, 0.29) is 12.1 Å². The van der Waals surface area contributed by atoms with Gasteiger partial charge in [-0.25, -0.2) is 4.79 Å². The molecule has 0 bridgehead atoms. The van der Waals surface area contributed by atoms with Crippen LogP contribution in [0.3, 0.4) is 0 Å². The van der Waals surface area contributed by atoms with E-state index in [9.17, 15) is 4.79 Å². The lowest BCUT2D eigenvalue weighted by molar-refractivity contribution is 0.0186. The van der Waals surface area contributed by atoms with Crippen LogP contribution in [-0.2, 0) is 4.74 Å². The molecule has 1 aromatic carbocycles. The van der Waals surface area contributed by atoms with E-state index in [1.165, 1.54) is 16.7 Å². The minimum Gasteiger partial charge on any atom is -0.444 e. The predicted molar refractivity (Wildman–Crippen MR) is 89.1 cm³/mol. The number of aryl methyl sites for hydroxylation is 1. The molecule has 122 valence electrons. The molecule has 0 unspecified atom stereocenters. The fourth-order valence-electron chi connectivity index (χ4n) is 3.04. The molecule has 4 nitrogen and oxygen atoms in total. The van der Waals surface area contributed by atoms with Gasteiger partial charge in [-0.15, -0.1) is 0 Å². The fraction of sp³-hybridized carbons (Fsp3) is 0.611. The lowest BCUT2D eigenvalue weighted by atomic mass is 9.82. The Morgan fingerprint density at radius 3 is 2.59 bits per heavy atom. The van der Waals surface area contributed by atoms with Crippen molar-refractivity contribution < 1.29 is 9.53 Å². The SMILES string of the molecule is Cc1cccc([C@H]2CCN(C(=O)OC(C)(C)C)C[C@@H]2N)c1C. The van der Waals surface area contributed by atoms with Gasteiger partial charge in [-0.05, 0) is 57.7 Å². The van der Waals surface area contributed by atoms with Crippen LogP contribution in [0, 0.1) is 13.8 Å². The number of amides is 1. The molecule has 0 radical (unpaired) electrons. The first kappa shape index (κ1) is 16.8. The first-order chi connectivity index (χ1) is 10.2. The first-order valence-electron chi connectivity index (χ1n) is 7.98. The Balaban J connectivity index is 2.07. The summed E-state index contributed by atoms with van der Waals surface area (Å²) in [5.41, 5.74) is 9.83. The molecule has 4 heteroatoms. The summed E-state index contributed by atoms with van der Waals surface area (Å²) in [6, 6.07) is 6.32. The van der Waals surface area contributed by atoms with Crippen molar-refractivity contribution in [1.82, 2.24) is 4.90 Å². The molecule has 1 aliphatic heterocycles. The zero-order chi connectivity index (χ0) is 16.5. The molecule has 1 fully saturated rings. The number of rotatable bonds is 1. The lowest BCUT2D eigenvalue weighted by Crippen LogP contribution is -2.50. The average Bonchev–Trinajstić information content (AvgIpc) is 2.40. The Morgan fingerprint density at radius 1 is 1.32 bits per heavy atom. The summed E-state index contributed by atoms with van der Waals surface area (Å²) in [6.45, 7) is 11.2. The second-order valence-electron chi connectivity index (χ2n) is 7.27. The molecule has 0 saturated carbocycles. The average molecular weight is 304 g/mol. The van der Waals surface area contributed by atoms with Gasteiger partial charge in [-0.3, -0.25) is 0 Å². The Morgan fingerprint density at radius 2 is 2.00 bits per heavy atom. The summed E-state index contributed by atoms with van der Waals surface area (Å²) < 4.78 is 5.44. The van der Waals surface area contributed by atoms with Crippen molar-refractivity contribution in [1.29, 1.82) is 0 Å². The van der Waals surface area contributed by atoms with Crippen LogP contribution in [0.5, 0.6) is 0 Å². The topological polar surface area (TPSA) is 55.6 Å². The van der Waals surface area contributed by atoms with E-state index < -0.39 is 5.60 Å². The monoisotopic (exact) mass is 304 g/mol. The minimum absolute atomic E-state index is 0.0539. The van der Waals surface area contributed by atoms with Crippen molar-refractivity contribution in [2.24, 2.45) is 5.73 Å². The second kappa shape index (κ2) is 6.29. The van der Waals surface area contributed by atoms with Crippen molar-refractivity contribution >= 4 is 6.09 Å². The minimum atomic E-state index is -0.467. The van der Waals surface area contributed by atoms with E-state index in [0.717, 1.165) is 6.42 Å². The number of likely N-dealkylation sites (tertiary alicyclic amines) is 1. The van der Waals surface area contributed by atoms with Crippen LogP contribution in [0.2, 0.25) is 0 Å². The molecule has 1 aromatic rings. The number of hydrogen-bond acceptors (Lipinski definition) is 3. The van der Waals surface area contributed by atoms with Gasteiger partial charge >= 0.3 is 6.09 Å². The van der Waals surface area contributed by atoms with Crippen molar-refractivity contribution in [2.45, 2.75) is 58.6 Å². The van der Waals surface area contributed by atoms with E-state index in [1.54, 1.807) is 4.90 Å². The highest BCUT2D eigenvalue weighted by Gasteiger charge is 2.32. The Hall–Kier alpha value is -1.55. The zero-order valence-corrected chi connectivity index (χ0v) is 14.3. The molecular formula is C18H28N2O2. The van der Waals surface area contributed by atoms with Crippen LogP contribution < -0.4 is 5.73 Å². The second-order valence-corrected chi connectivity index (χ2v) is 7.27. The van der Waals surface area contributed by atoms with Crippen LogP contribution in [0.25, 0.3) is 0 Å². The highest BCUT2D eigenvalue weighted by Crippen LogP contribution is 2.31. The third kappa shape index (κ3) is 3.80. The fourth-order valence-corrected chi connectivity index (χ4v) is 3.04. The Labute approximate surface area is 133 Å². The van der Waals surface area contributed by atoms with Crippen LogP contribution in [0.4, 0.5) is 4.79 Å². The maximum absolute atomic E-state index is 12.2. The van der Waals surface area contributed by atoms with Gasteiger partial charge in [0.2, 0.25) is 0 Å². The molecule has 1 saturated heterocycles. The van der Waals surface area contributed by atoms with Crippen molar-refractivity contribution in [3.05, 3.63) is 34.9 Å². The van der Waals surface area contributed by atoms with Crippen LogP contribution >= 0.6 is 0 Å². The lowest BCUT2D eigenvalue weighted by Gasteiger charge is -2.38. The van der Waals surface area contributed by atoms with Gasteiger partial charge < -0.3 is 15.4 Å². The number of hydrogen-bond donors (Lipinski definition) is 1. The smallest absolute Gasteiger partial charge is 0.410 e. The number of nitrogens with two attached hydrogens (primary N) is 1. The summed E-state index contributed by atoms with van der Waals surface area (Å²) in [4.78, 5) is 13.9. The van der Waals surface area contributed by atoms with Gasteiger partial charge in [0.05, 0.1) is 0 Å². The molecule has 0 aliphatic carbocycles. The van der Waals surface area contributed by atoms with E-state index in [2.05, 4.69) is 32.0 Å². The Kier molecular flexibility index (Phi) is 4.81. The largest absolute Gasteiger partial charge is 0.444 e. The molecule has 2 rings (SSSR count). The Bertz CT molecular complexity index is 549. The zero-order valence-electron chi connectivity index (χ0n) is 14.3. The molecule has 1 heterocycles. The number of carbonyl (C=O) groups is 1. The number of carbonyl (C=O) groups excluding carboxylic acids is 1. The maximum Gasteiger partial charge on any atom is 0.410 e. The predicted octanol–water partition coefficient (Wildman–Crippen LogP) is 3.36. The maximum atomic E-state index is 12.2. The summed E-state index contributed by atoms with van der Waals surface area (Å²) in [5, 5.41) is 0. The summed E-state index contributed by atoms with van der Waals surface area (Å²) in [6.07, 6.45) is 0.618. The van der Waals surface area contributed by atoms with Crippen LogP contribution in [0.15, 0.2) is 18.2 Å². The molecule has 1 amide bonds. The first-order valence-corrected chi connectivity index (χ1v) is 7.98. The van der Waals surface area contributed by atoms with E-state index in [0.29, 0.717) is 19.0 Å².